The summed E-state index contributed by atoms with van der Waals surface area (Å²) in [6, 6.07) is 20.8. The van der Waals surface area contributed by atoms with Crippen LogP contribution in [0.2, 0.25) is 10.0 Å². The smallest absolute Gasteiger partial charge is 0.349 e. The Kier molecular flexibility index (Phi) is 6.22. The van der Waals surface area contributed by atoms with Crippen molar-refractivity contribution in [3.05, 3.63) is 99.4 Å². The van der Waals surface area contributed by atoms with E-state index in [-0.39, 0.29) is 23.8 Å². The lowest BCUT2D eigenvalue weighted by atomic mass is 9.83. The van der Waals surface area contributed by atoms with Gasteiger partial charge in [0.15, 0.2) is 6.61 Å². The van der Waals surface area contributed by atoms with Gasteiger partial charge >= 0.3 is 5.97 Å². The standard InChI is InChI=1S/C24H16Cl2N2O4/c25-14-5-7-15(8-6-14)30-13-22(29)31-16-9-10-18-21(11-16)32-24(28)19(12-27)23(18)17-3-1-2-4-20(17)26/h1-11,23H,13,28H2. The van der Waals surface area contributed by atoms with Gasteiger partial charge in [0.05, 0.1) is 5.92 Å². The summed E-state index contributed by atoms with van der Waals surface area (Å²) in [4.78, 5) is 12.2. The van der Waals surface area contributed by atoms with Crippen LogP contribution in [0, 0.1) is 11.3 Å². The molecule has 0 spiro atoms. The highest BCUT2D eigenvalue weighted by atomic mass is 35.5. The molecule has 32 heavy (non-hydrogen) atoms. The van der Waals surface area contributed by atoms with Crippen molar-refractivity contribution in [3.63, 3.8) is 0 Å². The summed E-state index contributed by atoms with van der Waals surface area (Å²) in [5.41, 5.74) is 7.67. The number of carbonyl (C=O) groups excluding carboxylic acids is 1. The van der Waals surface area contributed by atoms with Gasteiger partial charge in [-0.05, 0) is 42.0 Å². The van der Waals surface area contributed by atoms with E-state index in [0.29, 0.717) is 27.1 Å². The quantitative estimate of drug-likeness (QED) is 0.410. The Morgan fingerprint density at radius 1 is 1.03 bits per heavy atom. The third-order valence-corrected chi connectivity index (χ3v) is 5.40. The molecule has 0 fully saturated rings. The van der Waals surface area contributed by atoms with Crippen LogP contribution in [0.5, 0.6) is 17.2 Å². The normalized spacial score (nSPS) is 14.7. The molecule has 4 rings (SSSR count). The first kappa shape index (κ1) is 21.6. The highest BCUT2D eigenvalue weighted by Crippen LogP contribution is 2.45. The number of halogens is 2. The molecule has 0 radical (unpaired) electrons. The topological polar surface area (TPSA) is 94.6 Å². The fraction of sp³-hybridized carbons (Fsp3) is 0.0833. The first-order valence-electron chi connectivity index (χ1n) is 9.51. The van der Waals surface area contributed by atoms with Gasteiger partial charge < -0.3 is 19.9 Å². The van der Waals surface area contributed by atoms with E-state index in [1.807, 2.05) is 12.1 Å². The fourth-order valence-corrected chi connectivity index (χ4v) is 3.73. The second-order valence-corrected chi connectivity index (χ2v) is 7.71. The number of carbonyl (C=O) groups is 1. The maximum atomic E-state index is 12.2. The van der Waals surface area contributed by atoms with Crippen LogP contribution in [0.15, 0.2) is 78.2 Å². The summed E-state index contributed by atoms with van der Waals surface area (Å²) in [5.74, 6) is -0.0194. The van der Waals surface area contributed by atoms with E-state index >= 15 is 0 Å². The number of fused-ring (bicyclic) bond motifs is 1. The van der Waals surface area contributed by atoms with Crippen molar-refractivity contribution in [2.24, 2.45) is 5.73 Å². The zero-order chi connectivity index (χ0) is 22.7. The molecule has 1 unspecified atom stereocenters. The number of rotatable bonds is 5. The van der Waals surface area contributed by atoms with Crippen LogP contribution >= 0.6 is 23.2 Å². The molecule has 1 aliphatic heterocycles. The molecule has 0 aromatic heterocycles. The number of nitrogens with zero attached hydrogens (tertiary/aromatic N) is 1. The van der Waals surface area contributed by atoms with E-state index in [0.717, 1.165) is 5.56 Å². The van der Waals surface area contributed by atoms with Crippen LogP contribution in [0.1, 0.15) is 17.0 Å². The third kappa shape index (κ3) is 4.50. The van der Waals surface area contributed by atoms with Crippen LogP contribution in [0.4, 0.5) is 0 Å². The van der Waals surface area contributed by atoms with E-state index in [9.17, 15) is 10.1 Å². The number of allylic oxidation sites excluding steroid dienone is 1. The van der Waals surface area contributed by atoms with Gasteiger partial charge in [-0.25, -0.2) is 4.79 Å². The Labute approximate surface area is 194 Å². The van der Waals surface area contributed by atoms with Crippen molar-refractivity contribution in [1.82, 2.24) is 0 Å². The molecular weight excluding hydrogens is 451 g/mol. The van der Waals surface area contributed by atoms with E-state index in [1.54, 1.807) is 54.6 Å². The van der Waals surface area contributed by atoms with E-state index in [2.05, 4.69) is 6.07 Å². The summed E-state index contributed by atoms with van der Waals surface area (Å²) < 4.78 is 16.4. The van der Waals surface area contributed by atoms with Gasteiger partial charge in [-0.2, -0.15) is 5.26 Å². The number of nitrogens with two attached hydrogens (primary N) is 1. The second kappa shape index (κ2) is 9.23. The predicted molar refractivity (Wildman–Crippen MR) is 120 cm³/mol. The van der Waals surface area contributed by atoms with Crippen LogP contribution in [0.3, 0.4) is 0 Å². The molecule has 0 amide bonds. The molecule has 1 atom stereocenters. The Hall–Kier alpha value is -3.66. The Morgan fingerprint density at radius 3 is 2.47 bits per heavy atom. The fourth-order valence-electron chi connectivity index (χ4n) is 3.36. The van der Waals surface area contributed by atoms with Crippen LogP contribution in [-0.2, 0) is 4.79 Å². The van der Waals surface area contributed by atoms with Gasteiger partial charge in [-0.15, -0.1) is 0 Å². The second-order valence-electron chi connectivity index (χ2n) is 6.86. The molecule has 1 aliphatic rings. The lowest BCUT2D eigenvalue weighted by Crippen LogP contribution is -2.22. The van der Waals surface area contributed by atoms with Gasteiger partial charge in [0.1, 0.15) is 28.9 Å². The van der Waals surface area contributed by atoms with Crippen molar-refractivity contribution < 1.29 is 19.0 Å². The first-order chi connectivity index (χ1) is 15.5. The van der Waals surface area contributed by atoms with E-state index in [1.165, 1.54) is 0 Å². The van der Waals surface area contributed by atoms with E-state index in [4.69, 9.17) is 43.1 Å². The lowest BCUT2D eigenvalue weighted by Gasteiger charge is -2.27. The highest BCUT2D eigenvalue weighted by molar-refractivity contribution is 6.31. The maximum Gasteiger partial charge on any atom is 0.349 e. The molecule has 0 aliphatic carbocycles. The lowest BCUT2D eigenvalue weighted by molar-refractivity contribution is -0.136. The molecule has 0 bridgehead atoms. The van der Waals surface area contributed by atoms with Gasteiger partial charge in [-0.3, -0.25) is 0 Å². The van der Waals surface area contributed by atoms with Crippen molar-refractivity contribution in [2.45, 2.75) is 5.92 Å². The minimum Gasteiger partial charge on any atom is -0.482 e. The molecule has 2 N–H and O–H groups in total. The molecule has 8 heteroatoms. The average molecular weight is 467 g/mol. The summed E-state index contributed by atoms with van der Waals surface area (Å²) in [6.07, 6.45) is 0. The number of esters is 1. The number of ether oxygens (including phenoxy) is 3. The SMILES string of the molecule is N#CC1=C(N)Oc2cc(OC(=O)COc3ccc(Cl)cc3)ccc2C1c1ccccc1Cl. The monoisotopic (exact) mass is 466 g/mol. The molecule has 3 aromatic rings. The Bertz CT molecular complexity index is 1250. The van der Waals surface area contributed by atoms with Crippen molar-refractivity contribution in [1.29, 1.82) is 5.26 Å². The zero-order valence-electron chi connectivity index (χ0n) is 16.5. The van der Waals surface area contributed by atoms with Crippen molar-refractivity contribution in [2.75, 3.05) is 6.61 Å². The first-order valence-corrected chi connectivity index (χ1v) is 10.3. The van der Waals surface area contributed by atoms with Gasteiger partial charge in [-0.1, -0.05) is 47.5 Å². The van der Waals surface area contributed by atoms with Gasteiger partial charge in [0.25, 0.3) is 0 Å². The van der Waals surface area contributed by atoms with Gasteiger partial charge in [0.2, 0.25) is 5.88 Å². The van der Waals surface area contributed by atoms with E-state index < -0.39 is 11.9 Å². The minimum absolute atomic E-state index is 0.0283. The Morgan fingerprint density at radius 2 is 1.75 bits per heavy atom. The summed E-state index contributed by atoms with van der Waals surface area (Å²) in [7, 11) is 0. The maximum absolute atomic E-state index is 12.2. The molecule has 0 saturated heterocycles. The summed E-state index contributed by atoms with van der Waals surface area (Å²) in [6.45, 7) is -0.289. The zero-order valence-corrected chi connectivity index (χ0v) is 18.1. The summed E-state index contributed by atoms with van der Waals surface area (Å²) in [5, 5.41) is 10.7. The van der Waals surface area contributed by atoms with Crippen molar-refractivity contribution >= 4 is 29.2 Å². The number of nitriles is 1. The van der Waals surface area contributed by atoms with Gasteiger partial charge in [0, 0.05) is 21.7 Å². The molecular formula is C24H16Cl2N2O4. The highest BCUT2D eigenvalue weighted by Gasteiger charge is 2.32. The number of hydrogen-bond acceptors (Lipinski definition) is 6. The molecule has 3 aromatic carbocycles. The Balaban J connectivity index is 1.55. The van der Waals surface area contributed by atoms with Crippen LogP contribution in [-0.4, -0.2) is 12.6 Å². The van der Waals surface area contributed by atoms with Crippen LogP contribution < -0.4 is 19.9 Å². The molecule has 0 saturated carbocycles. The molecule has 1 heterocycles. The third-order valence-electron chi connectivity index (χ3n) is 4.81. The number of benzene rings is 3. The molecule has 160 valence electrons. The predicted octanol–water partition coefficient (Wildman–Crippen LogP) is 5.20. The molecule has 6 nitrogen and oxygen atoms in total. The minimum atomic E-state index is -0.598. The van der Waals surface area contributed by atoms with Crippen LogP contribution in [0.25, 0.3) is 0 Å². The average Bonchev–Trinajstić information content (AvgIpc) is 2.78. The van der Waals surface area contributed by atoms with Crippen molar-refractivity contribution in [3.8, 4) is 23.3 Å². The largest absolute Gasteiger partial charge is 0.482 e. The summed E-state index contributed by atoms with van der Waals surface area (Å²) >= 11 is 12.2. The number of hydrogen-bond donors (Lipinski definition) is 1.